The molecule has 0 saturated carbocycles. The van der Waals surface area contributed by atoms with E-state index in [2.05, 4.69) is 27.4 Å². The minimum atomic E-state index is 0.00120. The van der Waals surface area contributed by atoms with Gasteiger partial charge in [0.2, 0.25) is 11.9 Å². The zero-order valence-electron chi connectivity index (χ0n) is 12.5. The molecule has 112 valence electrons. The summed E-state index contributed by atoms with van der Waals surface area (Å²) in [6.45, 7) is 6.85. The van der Waals surface area contributed by atoms with Gasteiger partial charge in [-0.3, -0.25) is 15.2 Å². The van der Waals surface area contributed by atoms with Gasteiger partial charge >= 0.3 is 0 Å². The Labute approximate surface area is 119 Å². The van der Waals surface area contributed by atoms with E-state index in [9.17, 15) is 4.79 Å². The van der Waals surface area contributed by atoms with Gasteiger partial charge in [-0.2, -0.15) is 4.98 Å². The van der Waals surface area contributed by atoms with Crippen LogP contribution in [0.4, 0.5) is 5.95 Å². The van der Waals surface area contributed by atoms with Gasteiger partial charge in [0, 0.05) is 18.4 Å². The number of ether oxygens (including phenoxy) is 1. The van der Waals surface area contributed by atoms with Crippen LogP contribution in [0.1, 0.15) is 58.2 Å². The van der Waals surface area contributed by atoms with E-state index in [0.29, 0.717) is 12.6 Å². The number of amides is 1. The van der Waals surface area contributed by atoms with E-state index < -0.39 is 0 Å². The number of carbonyl (C=O) groups is 1. The number of aromatic nitrogens is 3. The molecule has 1 amide bonds. The summed E-state index contributed by atoms with van der Waals surface area (Å²) in [6, 6.07) is 0. The molecule has 2 heterocycles. The molecule has 1 fully saturated rings. The van der Waals surface area contributed by atoms with E-state index in [1.807, 2.05) is 13.8 Å². The van der Waals surface area contributed by atoms with E-state index >= 15 is 0 Å². The van der Waals surface area contributed by atoms with Gasteiger partial charge in [0.15, 0.2) is 0 Å². The van der Waals surface area contributed by atoms with Gasteiger partial charge in [0.1, 0.15) is 5.82 Å². The summed E-state index contributed by atoms with van der Waals surface area (Å²) in [7, 11) is 0. The molecule has 0 unspecified atom stereocenters. The molecular weight excluding hydrogens is 256 g/mol. The van der Waals surface area contributed by atoms with Crippen molar-refractivity contribution in [1.82, 2.24) is 15.2 Å². The summed E-state index contributed by atoms with van der Waals surface area (Å²) in [5.41, 5.74) is 0. The van der Waals surface area contributed by atoms with E-state index in [1.54, 1.807) is 0 Å². The first kappa shape index (κ1) is 15.0. The lowest BCUT2D eigenvalue weighted by molar-refractivity contribution is -0.125. The van der Waals surface area contributed by atoms with Crippen LogP contribution in [-0.2, 0) is 9.53 Å². The maximum absolute atomic E-state index is 12.2. The van der Waals surface area contributed by atoms with Crippen LogP contribution in [0.3, 0.4) is 0 Å². The Bertz CT molecular complexity index is 442. The molecule has 20 heavy (non-hydrogen) atoms. The Morgan fingerprint density at radius 1 is 1.55 bits per heavy atom. The van der Waals surface area contributed by atoms with Crippen molar-refractivity contribution in [1.29, 1.82) is 0 Å². The number of carbonyl (C=O) groups excluding carboxylic acids is 1. The number of hydrogen-bond acceptors (Lipinski definition) is 4. The molecule has 1 aliphatic rings. The lowest BCUT2D eigenvalue weighted by atomic mass is 9.93. The van der Waals surface area contributed by atoms with Crippen LogP contribution < -0.4 is 5.32 Å². The van der Waals surface area contributed by atoms with Gasteiger partial charge in [-0.05, 0) is 19.3 Å². The summed E-state index contributed by atoms with van der Waals surface area (Å²) in [5, 5.41) is 9.67. The van der Waals surface area contributed by atoms with Gasteiger partial charge in [-0.25, -0.2) is 0 Å². The molecule has 1 aromatic rings. The fourth-order valence-corrected chi connectivity index (χ4v) is 2.44. The topological polar surface area (TPSA) is 79.9 Å². The van der Waals surface area contributed by atoms with Gasteiger partial charge in [0.05, 0.1) is 6.10 Å². The first-order valence-electron chi connectivity index (χ1n) is 7.45. The lowest BCUT2D eigenvalue weighted by Gasteiger charge is -2.28. The third-order valence-electron chi connectivity index (χ3n) is 3.63. The van der Waals surface area contributed by atoms with Crippen LogP contribution in [0.2, 0.25) is 0 Å². The number of H-pyrrole nitrogens is 1. The van der Waals surface area contributed by atoms with Crippen molar-refractivity contribution in [2.24, 2.45) is 5.92 Å². The fraction of sp³-hybridized carbons (Fsp3) is 0.786. The Balaban J connectivity index is 1.90. The molecule has 2 N–H and O–H groups in total. The summed E-state index contributed by atoms with van der Waals surface area (Å²) in [6.07, 6.45) is 3.87. The first-order valence-corrected chi connectivity index (χ1v) is 7.45. The fourth-order valence-electron chi connectivity index (χ4n) is 2.44. The number of anilines is 1. The minimum Gasteiger partial charge on any atom is -0.378 e. The molecule has 0 aliphatic carbocycles. The van der Waals surface area contributed by atoms with Crippen LogP contribution in [0, 0.1) is 5.92 Å². The Hall–Kier alpha value is -1.43. The Kier molecular flexibility index (Phi) is 5.11. The van der Waals surface area contributed by atoms with Crippen molar-refractivity contribution in [3.8, 4) is 0 Å². The lowest BCUT2D eigenvalue weighted by Crippen LogP contribution is -2.33. The van der Waals surface area contributed by atoms with Crippen LogP contribution in [-0.4, -0.2) is 33.8 Å². The average Bonchev–Trinajstić information content (AvgIpc) is 2.88. The molecule has 1 aromatic heterocycles. The second-order valence-corrected chi connectivity index (χ2v) is 5.69. The second-order valence-electron chi connectivity index (χ2n) is 5.69. The van der Waals surface area contributed by atoms with Gasteiger partial charge in [0.25, 0.3) is 0 Å². The molecule has 6 heteroatoms. The Morgan fingerprint density at radius 3 is 3.00 bits per heavy atom. The monoisotopic (exact) mass is 280 g/mol. The zero-order valence-corrected chi connectivity index (χ0v) is 12.5. The van der Waals surface area contributed by atoms with E-state index in [4.69, 9.17) is 4.74 Å². The molecule has 0 bridgehead atoms. The molecule has 1 saturated heterocycles. The maximum Gasteiger partial charge on any atom is 0.248 e. The smallest absolute Gasteiger partial charge is 0.248 e. The third-order valence-corrected chi connectivity index (χ3v) is 3.63. The predicted molar refractivity (Wildman–Crippen MR) is 76.5 cm³/mol. The quantitative estimate of drug-likeness (QED) is 0.868. The van der Waals surface area contributed by atoms with Crippen LogP contribution in [0.15, 0.2) is 0 Å². The van der Waals surface area contributed by atoms with Crippen LogP contribution in [0.5, 0.6) is 0 Å². The molecule has 2 atom stereocenters. The van der Waals surface area contributed by atoms with Crippen molar-refractivity contribution < 1.29 is 9.53 Å². The molecule has 2 rings (SSSR count). The van der Waals surface area contributed by atoms with E-state index in [1.165, 1.54) is 0 Å². The molecule has 0 aromatic carbocycles. The van der Waals surface area contributed by atoms with Gasteiger partial charge < -0.3 is 4.74 Å². The minimum absolute atomic E-state index is 0.00120. The number of hydrogen-bond donors (Lipinski definition) is 2. The maximum atomic E-state index is 12.2. The standard InChI is InChI=1S/C14H24N4O2/c1-4-5-11-8-10(6-7-20-11)13(19)16-14-15-12(9(2)3)17-18-14/h9-11H,4-8H2,1-3H3,(H2,15,16,17,18,19)/t10-,11-/m1/s1. The average molecular weight is 280 g/mol. The third kappa shape index (κ3) is 3.79. The number of rotatable bonds is 5. The van der Waals surface area contributed by atoms with Crippen molar-refractivity contribution >= 4 is 11.9 Å². The molecule has 0 spiro atoms. The number of aromatic amines is 1. The van der Waals surface area contributed by atoms with Gasteiger partial charge in [-0.1, -0.05) is 27.2 Å². The Morgan fingerprint density at radius 2 is 2.35 bits per heavy atom. The molecule has 6 nitrogen and oxygen atoms in total. The summed E-state index contributed by atoms with van der Waals surface area (Å²) < 4.78 is 5.67. The van der Waals surface area contributed by atoms with E-state index in [0.717, 1.165) is 31.5 Å². The number of nitrogens with one attached hydrogen (secondary N) is 2. The highest BCUT2D eigenvalue weighted by molar-refractivity contribution is 5.90. The van der Waals surface area contributed by atoms with Crippen molar-refractivity contribution in [3.05, 3.63) is 5.82 Å². The molecule has 0 radical (unpaired) electrons. The van der Waals surface area contributed by atoms with Crippen LogP contribution in [0.25, 0.3) is 0 Å². The predicted octanol–water partition coefficient (Wildman–Crippen LogP) is 2.46. The molecular formula is C14H24N4O2. The van der Waals surface area contributed by atoms with Gasteiger partial charge in [-0.15, -0.1) is 5.10 Å². The van der Waals surface area contributed by atoms with Crippen molar-refractivity contribution in [2.45, 2.75) is 58.5 Å². The van der Waals surface area contributed by atoms with Crippen LogP contribution >= 0.6 is 0 Å². The first-order chi connectivity index (χ1) is 9.60. The van der Waals surface area contributed by atoms with Crippen molar-refractivity contribution in [3.63, 3.8) is 0 Å². The normalized spacial score (nSPS) is 23.0. The highest BCUT2D eigenvalue weighted by Gasteiger charge is 2.28. The van der Waals surface area contributed by atoms with E-state index in [-0.39, 0.29) is 23.8 Å². The zero-order chi connectivity index (χ0) is 14.5. The highest BCUT2D eigenvalue weighted by atomic mass is 16.5. The summed E-state index contributed by atoms with van der Waals surface area (Å²) >= 11 is 0. The largest absolute Gasteiger partial charge is 0.378 e. The van der Waals surface area contributed by atoms with Crippen molar-refractivity contribution in [2.75, 3.05) is 11.9 Å². The summed E-state index contributed by atoms with van der Waals surface area (Å²) in [4.78, 5) is 16.5. The summed E-state index contributed by atoms with van der Waals surface area (Å²) in [5.74, 6) is 1.43. The second kappa shape index (κ2) is 6.83. The number of nitrogens with zero attached hydrogens (tertiary/aromatic N) is 2. The SMILES string of the molecule is CCC[C@@H]1C[C@H](C(=O)Nc2n[nH]c(C(C)C)n2)CCO1. The molecule has 1 aliphatic heterocycles. The highest BCUT2D eigenvalue weighted by Crippen LogP contribution is 2.24.